The van der Waals surface area contributed by atoms with Gasteiger partial charge in [0.05, 0.1) is 5.75 Å². The van der Waals surface area contributed by atoms with E-state index < -0.39 is 10.1 Å². The lowest BCUT2D eigenvalue weighted by molar-refractivity contribution is 0.336. The van der Waals surface area contributed by atoms with Crippen LogP contribution >= 0.6 is 0 Å². The third-order valence-electron chi connectivity index (χ3n) is 3.15. The van der Waals surface area contributed by atoms with E-state index in [-0.39, 0.29) is 11.7 Å². The molecule has 1 atom stereocenters. The molecule has 1 saturated carbocycles. The zero-order valence-electron chi connectivity index (χ0n) is 9.98. The molecule has 1 unspecified atom stereocenters. The molecule has 5 heteroatoms. The molecule has 0 heterocycles. The predicted molar refractivity (Wildman–Crippen MR) is 65.0 cm³/mol. The Kier molecular flexibility index (Phi) is 5.72. The first kappa shape index (κ1) is 13.9. The Labute approximate surface area is 98.6 Å². The zero-order chi connectivity index (χ0) is 12.0. The van der Waals surface area contributed by atoms with E-state index in [1.54, 1.807) is 0 Å². The first-order chi connectivity index (χ1) is 7.47. The van der Waals surface area contributed by atoms with Crippen molar-refractivity contribution in [3.63, 3.8) is 0 Å². The summed E-state index contributed by atoms with van der Waals surface area (Å²) in [7, 11) is -3.82. The summed E-state index contributed by atoms with van der Waals surface area (Å²) < 4.78 is 29.9. The quantitative estimate of drug-likeness (QED) is 0.703. The highest BCUT2D eigenvalue weighted by atomic mass is 32.2. The van der Waals surface area contributed by atoms with Crippen LogP contribution in [0.5, 0.6) is 0 Å². The highest BCUT2D eigenvalue weighted by Crippen LogP contribution is 2.22. The van der Waals surface area contributed by atoms with Crippen molar-refractivity contribution in [3.05, 3.63) is 0 Å². The number of hydrogen-bond acceptors (Lipinski definition) is 3. The van der Waals surface area contributed by atoms with Gasteiger partial charge in [0.2, 0.25) is 0 Å². The van der Waals surface area contributed by atoms with E-state index in [0.717, 1.165) is 12.5 Å². The fourth-order valence-corrected chi connectivity index (χ4v) is 3.18. The average Bonchev–Trinajstić information content (AvgIpc) is 2.16. The summed E-state index contributed by atoms with van der Waals surface area (Å²) in [5, 5.41) is 3.30. The molecule has 0 aliphatic heterocycles. The molecule has 1 rings (SSSR count). The van der Waals surface area contributed by atoms with Crippen LogP contribution in [0.25, 0.3) is 0 Å². The van der Waals surface area contributed by atoms with Gasteiger partial charge in [-0.2, -0.15) is 8.42 Å². The summed E-state index contributed by atoms with van der Waals surface area (Å²) in [5.74, 6) is 0.579. The van der Waals surface area contributed by atoms with Crippen molar-refractivity contribution in [1.29, 1.82) is 0 Å². The van der Waals surface area contributed by atoms with Gasteiger partial charge in [-0.05, 0) is 37.8 Å². The van der Waals surface area contributed by atoms with E-state index in [4.69, 9.17) is 4.55 Å². The van der Waals surface area contributed by atoms with Crippen LogP contribution in [-0.2, 0) is 10.1 Å². The maximum atomic E-state index is 10.6. The molecule has 16 heavy (non-hydrogen) atoms. The van der Waals surface area contributed by atoms with Gasteiger partial charge < -0.3 is 5.32 Å². The molecule has 1 aliphatic carbocycles. The molecule has 1 fully saturated rings. The van der Waals surface area contributed by atoms with Crippen molar-refractivity contribution < 1.29 is 13.0 Å². The average molecular weight is 249 g/mol. The Balaban J connectivity index is 2.10. The summed E-state index contributed by atoms with van der Waals surface area (Å²) in [5.41, 5.74) is 0. The Morgan fingerprint density at radius 1 is 1.31 bits per heavy atom. The standard InChI is InChI=1S/C11H23NO3S/c1-10(9-16(13,14)15)7-12-8-11-5-3-2-4-6-11/h10-12H,2-9H2,1H3,(H,13,14,15). The van der Waals surface area contributed by atoms with E-state index >= 15 is 0 Å². The molecule has 0 aromatic heterocycles. The summed E-state index contributed by atoms with van der Waals surface area (Å²) in [4.78, 5) is 0. The van der Waals surface area contributed by atoms with Crippen LogP contribution in [0.4, 0.5) is 0 Å². The fraction of sp³-hybridized carbons (Fsp3) is 1.00. The number of nitrogens with one attached hydrogen (secondary N) is 1. The van der Waals surface area contributed by atoms with Gasteiger partial charge in [-0.3, -0.25) is 4.55 Å². The Hall–Kier alpha value is -0.130. The second kappa shape index (κ2) is 6.57. The van der Waals surface area contributed by atoms with Gasteiger partial charge in [-0.1, -0.05) is 26.2 Å². The highest BCUT2D eigenvalue weighted by molar-refractivity contribution is 7.85. The van der Waals surface area contributed by atoms with E-state index in [9.17, 15) is 8.42 Å². The summed E-state index contributed by atoms with van der Waals surface area (Å²) in [6, 6.07) is 0. The van der Waals surface area contributed by atoms with Crippen LogP contribution in [-0.4, -0.2) is 31.8 Å². The topological polar surface area (TPSA) is 66.4 Å². The van der Waals surface area contributed by atoms with Crippen molar-refractivity contribution in [1.82, 2.24) is 5.32 Å². The first-order valence-corrected chi connectivity index (χ1v) is 7.74. The van der Waals surface area contributed by atoms with Crippen LogP contribution in [0.3, 0.4) is 0 Å². The smallest absolute Gasteiger partial charge is 0.265 e. The first-order valence-electron chi connectivity index (χ1n) is 6.13. The van der Waals surface area contributed by atoms with Crippen molar-refractivity contribution >= 4 is 10.1 Å². The van der Waals surface area contributed by atoms with Crippen LogP contribution in [0.1, 0.15) is 39.0 Å². The zero-order valence-corrected chi connectivity index (χ0v) is 10.8. The van der Waals surface area contributed by atoms with Crippen LogP contribution in [0.2, 0.25) is 0 Å². The molecule has 0 saturated heterocycles. The minimum Gasteiger partial charge on any atom is -0.316 e. The molecular weight excluding hydrogens is 226 g/mol. The fourth-order valence-electron chi connectivity index (χ4n) is 2.34. The van der Waals surface area contributed by atoms with Gasteiger partial charge in [0.25, 0.3) is 10.1 Å². The third kappa shape index (κ3) is 6.45. The Morgan fingerprint density at radius 3 is 2.50 bits per heavy atom. The molecule has 96 valence electrons. The lowest BCUT2D eigenvalue weighted by Crippen LogP contribution is -2.30. The maximum absolute atomic E-state index is 10.6. The number of hydrogen-bond donors (Lipinski definition) is 2. The normalized spacial score (nSPS) is 20.9. The molecule has 0 spiro atoms. The van der Waals surface area contributed by atoms with Crippen molar-refractivity contribution in [2.75, 3.05) is 18.8 Å². The lowest BCUT2D eigenvalue weighted by Gasteiger charge is -2.22. The monoisotopic (exact) mass is 249 g/mol. The lowest BCUT2D eigenvalue weighted by atomic mass is 9.89. The van der Waals surface area contributed by atoms with E-state index in [2.05, 4.69) is 5.32 Å². The minimum atomic E-state index is -3.82. The van der Waals surface area contributed by atoms with E-state index in [1.807, 2.05) is 6.92 Å². The van der Waals surface area contributed by atoms with E-state index in [0.29, 0.717) is 6.54 Å². The summed E-state index contributed by atoms with van der Waals surface area (Å²) in [6.07, 6.45) is 6.59. The minimum absolute atomic E-state index is 0.0291. The molecule has 4 nitrogen and oxygen atoms in total. The SMILES string of the molecule is CC(CNCC1CCCCC1)CS(=O)(=O)O. The van der Waals surface area contributed by atoms with Crippen molar-refractivity contribution in [2.45, 2.75) is 39.0 Å². The molecule has 2 N–H and O–H groups in total. The largest absolute Gasteiger partial charge is 0.316 e. The molecule has 0 aromatic rings. The van der Waals surface area contributed by atoms with Crippen molar-refractivity contribution in [3.8, 4) is 0 Å². The van der Waals surface area contributed by atoms with Crippen molar-refractivity contribution in [2.24, 2.45) is 11.8 Å². The Bertz CT molecular complexity index is 284. The second-order valence-corrected chi connectivity index (χ2v) is 6.51. The second-order valence-electron chi connectivity index (χ2n) is 5.02. The van der Waals surface area contributed by atoms with Crippen LogP contribution in [0, 0.1) is 11.8 Å². The van der Waals surface area contributed by atoms with Crippen LogP contribution in [0.15, 0.2) is 0 Å². The molecule has 0 amide bonds. The summed E-state index contributed by atoms with van der Waals surface area (Å²) >= 11 is 0. The van der Waals surface area contributed by atoms with Gasteiger partial charge in [0.15, 0.2) is 0 Å². The van der Waals surface area contributed by atoms with Gasteiger partial charge in [-0.15, -0.1) is 0 Å². The molecule has 0 radical (unpaired) electrons. The molecule has 1 aliphatic rings. The van der Waals surface area contributed by atoms with E-state index in [1.165, 1.54) is 32.1 Å². The van der Waals surface area contributed by atoms with Gasteiger partial charge in [0, 0.05) is 0 Å². The van der Waals surface area contributed by atoms with Gasteiger partial charge in [0.1, 0.15) is 0 Å². The maximum Gasteiger partial charge on any atom is 0.265 e. The molecular formula is C11H23NO3S. The number of rotatable bonds is 6. The third-order valence-corrected chi connectivity index (χ3v) is 4.14. The molecule has 0 aromatic carbocycles. The molecule has 0 bridgehead atoms. The summed E-state index contributed by atoms with van der Waals surface area (Å²) in [6.45, 7) is 3.48. The highest BCUT2D eigenvalue weighted by Gasteiger charge is 2.15. The van der Waals surface area contributed by atoms with Crippen LogP contribution < -0.4 is 5.32 Å². The Morgan fingerprint density at radius 2 is 1.94 bits per heavy atom. The van der Waals surface area contributed by atoms with Gasteiger partial charge >= 0.3 is 0 Å². The predicted octanol–water partition coefficient (Wildman–Crippen LogP) is 1.68. The van der Waals surface area contributed by atoms with Gasteiger partial charge in [-0.25, -0.2) is 0 Å².